The molecule has 2 aromatic heterocycles. The topological polar surface area (TPSA) is 42.4 Å². The molecule has 0 saturated carbocycles. The van der Waals surface area contributed by atoms with E-state index < -0.39 is 0 Å². The molecular formula is C53H34N2O2. The van der Waals surface area contributed by atoms with Gasteiger partial charge >= 0.3 is 0 Å². The second kappa shape index (κ2) is 13.6. The number of nitrogens with zero attached hydrogens (tertiary/aromatic N) is 2. The highest BCUT2D eigenvalue weighted by atomic mass is 16.4. The molecule has 0 amide bonds. The van der Waals surface area contributed by atoms with Gasteiger partial charge in [-0.3, -0.25) is 0 Å². The first-order valence-corrected chi connectivity index (χ1v) is 19.2. The Labute approximate surface area is 329 Å². The van der Waals surface area contributed by atoms with Crippen molar-refractivity contribution < 1.29 is 8.83 Å². The molecule has 0 radical (unpaired) electrons. The van der Waals surface area contributed by atoms with Gasteiger partial charge in [-0.1, -0.05) is 133 Å². The van der Waals surface area contributed by atoms with E-state index in [9.17, 15) is 0 Å². The Bertz CT molecular complexity index is 3220. The largest absolute Gasteiger partial charge is 0.456 e. The van der Waals surface area contributed by atoms with Crippen molar-refractivity contribution in [1.29, 1.82) is 0 Å². The molecule has 0 aliphatic carbocycles. The highest BCUT2D eigenvalue weighted by Gasteiger charge is 2.18. The molecule has 2 heterocycles. The van der Waals surface area contributed by atoms with Gasteiger partial charge in [-0.2, -0.15) is 0 Å². The molecule has 4 heteroatoms. The minimum absolute atomic E-state index is 0.598. The normalized spacial score (nSPS) is 11.5. The van der Waals surface area contributed by atoms with Crippen molar-refractivity contribution in [3.63, 3.8) is 0 Å². The van der Waals surface area contributed by atoms with E-state index >= 15 is 0 Å². The zero-order valence-corrected chi connectivity index (χ0v) is 30.8. The minimum Gasteiger partial charge on any atom is -0.456 e. The Morgan fingerprint density at radius 2 is 0.965 bits per heavy atom. The maximum Gasteiger partial charge on any atom is 0.227 e. The molecule has 0 aliphatic rings. The van der Waals surface area contributed by atoms with Crippen LogP contribution in [0.3, 0.4) is 0 Å². The van der Waals surface area contributed by atoms with E-state index in [-0.39, 0.29) is 0 Å². The summed E-state index contributed by atoms with van der Waals surface area (Å²) in [5.74, 6) is 0.598. The third-order valence-electron chi connectivity index (χ3n) is 10.9. The molecule has 0 spiro atoms. The molecule has 0 atom stereocenters. The molecule has 57 heavy (non-hydrogen) atoms. The predicted octanol–water partition coefficient (Wildman–Crippen LogP) is 15.0. The van der Waals surface area contributed by atoms with Gasteiger partial charge in [-0.15, -0.1) is 0 Å². The first kappa shape index (κ1) is 32.7. The lowest BCUT2D eigenvalue weighted by molar-refractivity contribution is 0.617. The Hall–Kier alpha value is -7.69. The first-order valence-electron chi connectivity index (χ1n) is 19.2. The summed E-state index contributed by atoms with van der Waals surface area (Å²) in [7, 11) is 0. The fourth-order valence-electron chi connectivity index (χ4n) is 8.06. The average Bonchev–Trinajstić information content (AvgIpc) is 3.87. The second-order valence-corrected chi connectivity index (χ2v) is 14.4. The molecule has 4 nitrogen and oxygen atoms in total. The number of benzene rings is 9. The third kappa shape index (κ3) is 5.92. The van der Waals surface area contributed by atoms with Gasteiger partial charge in [-0.25, -0.2) is 4.98 Å². The lowest BCUT2D eigenvalue weighted by atomic mass is 9.98. The van der Waals surface area contributed by atoms with Crippen LogP contribution >= 0.6 is 0 Å². The molecule has 0 N–H and O–H groups in total. The lowest BCUT2D eigenvalue weighted by Crippen LogP contribution is -2.10. The van der Waals surface area contributed by atoms with Crippen molar-refractivity contribution in [2.24, 2.45) is 0 Å². The molecule has 9 aromatic carbocycles. The van der Waals surface area contributed by atoms with Crippen LogP contribution in [0.2, 0.25) is 0 Å². The Morgan fingerprint density at radius 1 is 0.351 bits per heavy atom. The maximum atomic E-state index is 6.43. The first-order chi connectivity index (χ1) is 28.2. The molecule has 0 fully saturated rings. The van der Waals surface area contributed by atoms with E-state index in [0.717, 1.165) is 66.8 Å². The van der Waals surface area contributed by atoms with Gasteiger partial charge < -0.3 is 13.7 Å². The van der Waals surface area contributed by atoms with Crippen LogP contribution in [0.25, 0.3) is 88.6 Å². The Kier molecular flexibility index (Phi) is 7.78. The van der Waals surface area contributed by atoms with Crippen LogP contribution in [0.15, 0.2) is 215 Å². The maximum absolute atomic E-state index is 6.43. The number of fused-ring (bicyclic) bond motifs is 5. The SMILES string of the molecule is c1ccc(-c2ccc(N(c3ccc(-c4cccc5oc6cc7oc(-c8ccccc8)nc7cc6c45)cc3)c3cccc(-c4ccc5ccccc5c4)c3)cc2)cc1. The minimum atomic E-state index is 0.598. The van der Waals surface area contributed by atoms with Gasteiger partial charge in [0.1, 0.15) is 16.7 Å². The summed E-state index contributed by atoms with van der Waals surface area (Å²) in [6.07, 6.45) is 0. The predicted molar refractivity (Wildman–Crippen MR) is 235 cm³/mol. The van der Waals surface area contributed by atoms with Gasteiger partial charge in [0.25, 0.3) is 0 Å². The number of hydrogen-bond acceptors (Lipinski definition) is 4. The highest BCUT2D eigenvalue weighted by Crippen LogP contribution is 2.42. The number of furan rings is 1. The molecule has 0 aliphatic heterocycles. The number of hydrogen-bond donors (Lipinski definition) is 0. The summed E-state index contributed by atoms with van der Waals surface area (Å²) in [6.45, 7) is 0. The molecule has 0 unspecified atom stereocenters. The van der Waals surface area contributed by atoms with Crippen LogP contribution in [0.1, 0.15) is 0 Å². The van der Waals surface area contributed by atoms with Gasteiger partial charge in [0.05, 0.1) is 0 Å². The number of oxazole rings is 1. The van der Waals surface area contributed by atoms with Gasteiger partial charge in [0, 0.05) is 39.5 Å². The van der Waals surface area contributed by atoms with E-state index in [1.807, 2.05) is 42.5 Å². The summed E-state index contributed by atoms with van der Waals surface area (Å²) in [5.41, 5.74) is 14.2. The van der Waals surface area contributed by atoms with Crippen LogP contribution in [0, 0.1) is 0 Å². The third-order valence-corrected chi connectivity index (χ3v) is 10.9. The Balaban J connectivity index is 1.00. The summed E-state index contributed by atoms with van der Waals surface area (Å²) >= 11 is 0. The van der Waals surface area contributed by atoms with Gasteiger partial charge in [0.2, 0.25) is 5.89 Å². The summed E-state index contributed by atoms with van der Waals surface area (Å²) in [4.78, 5) is 7.19. The summed E-state index contributed by atoms with van der Waals surface area (Å²) < 4.78 is 12.6. The standard InChI is InChI=1S/C53H34N2O2/c1-3-11-35(12-4-1)37-23-27-43(28-24-37)55(45-18-9-17-41(32-45)42-22-21-36-13-7-8-16-40(36)31-42)44-29-25-38(26-30-44)46-19-10-20-49-52(46)47-33-48-51(34-50(47)56-49)57-53(54-48)39-14-5-2-6-15-39/h1-34H. The molecule has 0 bridgehead atoms. The van der Waals surface area contributed by atoms with E-state index in [0.29, 0.717) is 11.5 Å². The summed E-state index contributed by atoms with van der Waals surface area (Å²) in [5, 5.41) is 4.53. The Morgan fingerprint density at radius 3 is 1.74 bits per heavy atom. The van der Waals surface area contributed by atoms with E-state index in [4.69, 9.17) is 13.8 Å². The number of rotatable bonds is 7. The van der Waals surface area contributed by atoms with Crippen LogP contribution in [0.5, 0.6) is 0 Å². The van der Waals surface area contributed by atoms with Crippen LogP contribution in [0.4, 0.5) is 17.1 Å². The van der Waals surface area contributed by atoms with Crippen molar-refractivity contribution in [3.8, 4) is 44.8 Å². The smallest absolute Gasteiger partial charge is 0.227 e. The summed E-state index contributed by atoms with van der Waals surface area (Å²) in [6, 6.07) is 72.5. The van der Waals surface area contributed by atoms with E-state index in [2.05, 4.69) is 169 Å². The number of anilines is 3. The zero-order valence-electron chi connectivity index (χ0n) is 30.8. The number of aromatic nitrogens is 1. The van der Waals surface area contributed by atoms with Gasteiger partial charge in [0.15, 0.2) is 5.58 Å². The van der Waals surface area contributed by atoms with Crippen molar-refractivity contribution >= 4 is 60.9 Å². The van der Waals surface area contributed by atoms with Crippen molar-refractivity contribution in [2.75, 3.05) is 4.90 Å². The lowest BCUT2D eigenvalue weighted by Gasteiger charge is -2.26. The van der Waals surface area contributed by atoms with Crippen LogP contribution in [-0.2, 0) is 0 Å². The van der Waals surface area contributed by atoms with Crippen molar-refractivity contribution in [3.05, 3.63) is 206 Å². The molecular weight excluding hydrogens is 697 g/mol. The molecule has 11 rings (SSSR count). The zero-order chi connectivity index (χ0) is 37.7. The van der Waals surface area contributed by atoms with Crippen molar-refractivity contribution in [2.45, 2.75) is 0 Å². The molecule has 11 aromatic rings. The van der Waals surface area contributed by atoms with Crippen molar-refractivity contribution in [1.82, 2.24) is 4.98 Å². The highest BCUT2D eigenvalue weighted by molar-refractivity contribution is 6.15. The fourth-order valence-corrected chi connectivity index (χ4v) is 8.06. The molecule has 0 saturated heterocycles. The van der Waals surface area contributed by atoms with Crippen LogP contribution < -0.4 is 4.90 Å². The van der Waals surface area contributed by atoms with E-state index in [1.165, 1.54) is 27.5 Å². The van der Waals surface area contributed by atoms with E-state index in [1.54, 1.807) is 0 Å². The van der Waals surface area contributed by atoms with Gasteiger partial charge in [-0.05, 0) is 111 Å². The second-order valence-electron chi connectivity index (χ2n) is 14.4. The average molecular weight is 731 g/mol. The monoisotopic (exact) mass is 730 g/mol. The quantitative estimate of drug-likeness (QED) is 0.164. The fraction of sp³-hybridized carbons (Fsp3) is 0. The van der Waals surface area contributed by atoms with Crippen LogP contribution in [-0.4, -0.2) is 4.98 Å². The molecule has 268 valence electrons.